The highest BCUT2D eigenvalue weighted by molar-refractivity contribution is 7.47. The molecule has 2 unspecified atom stereocenters. The van der Waals surface area contributed by atoms with E-state index in [9.17, 15) is 19.0 Å². The number of hydrogen-bond acceptors (Lipinski definition) is 7. The molecular formula is C45H87O8P. The Morgan fingerprint density at radius 1 is 0.500 bits per heavy atom. The molecule has 0 fully saturated rings. The number of carbonyl (C=O) groups is 2. The molecule has 9 heteroatoms. The summed E-state index contributed by atoms with van der Waals surface area (Å²) in [5.74, 6) is -0.803. The molecule has 0 amide bonds. The van der Waals surface area contributed by atoms with Gasteiger partial charge in [0, 0.05) is 20.0 Å². The highest BCUT2D eigenvalue weighted by Gasteiger charge is 2.24. The molecule has 0 rings (SSSR count). The Hall–Kier alpha value is -1.21. The molecule has 0 radical (unpaired) electrons. The van der Waals surface area contributed by atoms with Crippen LogP contribution in [0.2, 0.25) is 0 Å². The lowest BCUT2D eigenvalue weighted by Crippen LogP contribution is -2.29. The first-order chi connectivity index (χ1) is 26.3. The van der Waals surface area contributed by atoms with Gasteiger partial charge in [-0.25, -0.2) is 4.57 Å². The lowest BCUT2D eigenvalue weighted by molar-refractivity contribution is -0.161. The van der Waals surface area contributed by atoms with Crippen molar-refractivity contribution in [2.75, 3.05) is 20.3 Å². The van der Waals surface area contributed by atoms with Gasteiger partial charge in [0.2, 0.25) is 0 Å². The monoisotopic (exact) mass is 787 g/mol. The summed E-state index contributed by atoms with van der Waals surface area (Å²) in [6.07, 6.45) is 45.7. The second kappa shape index (κ2) is 41.4. The van der Waals surface area contributed by atoms with Gasteiger partial charge in [-0.3, -0.25) is 18.6 Å². The van der Waals surface area contributed by atoms with E-state index in [0.717, 1.165) is 64.9 Å². The van der Waals surface area contributed by atoms with Crippen molar-refractivity contribution in [2.24, 2.45) is 0 Å². The molecule has 0 aromatic heterocycles. The molecular weight excluding hydrogens is 699 g/mol. The predicted octanol–water partition coefficient (Wildman–Crippen LogP) is 14.5. The Balaban J connectivity index is 3.81. The van der Waals surface area contributed by atoms with Crippen LogP contribution in [-0.4, -0.2) is 43.3 Å². The molecule has 0 saturated carbocycles. The van der Waals surface area contributed by atoms with Gasteiger partial charge in [0.1, 0.15) is 6.61 Å². The minimum Gasteiger partial charge on any atom is -0.462 e. The van der Waals surface area contributed by atoms with Gasteiger partial charge in [0.25, 0.3) is 0 Å². The van der Waals surface area contributed by atoms with E-state index in [1.54, 1.807) is 0 Å². The summed E-state index contributed by atoms with van der Waals surface area (Å²) in [4.78, 5) is 34.4. The Kier molecular flexibility index (Phi) is 40.5. The Bertz CT molecular complexity index is 895. The molecule has 0 aliphatic carbocycles. The van der Waals surface area contributed by atoms with Crippen molar-refractivity contribution < 1.29 is 37.6 Å². The van der Waals surface area contributed by atoms with Crippen LogP contribution in [0.25, 0.3) is 0 Å². The van der Waals surface area contributed by atoms with Crippen molar-refractivity contribution in [2.45, 2.75) is 245 Å². The molecule has 54 heavy (non-hydrogen) atoms. The highest BCUT2D eigenvalue weighted by atomic mass is 31.2. The van der Waals surface area contributed by atoms with Crippen LogP contribution in [0.15, 0.2) is 12.2 Å². The normalized spacial score (nSPS) is 13.3. The second-order valence-corrected chi connectivity index (χ2v) is 17.1. The molecule has 8 nitrogen and oxygen atoms in total. The average Bonchev–Trinajstić information content (AvgIpc) is 3.16. The van der Waals surface area contributed by atoms with E-state index in [1.165, 1.54) is 148 Å². The fourth-order valence-corrected chi connectivity index (χ4v) is 7.16. The second-order valence-electron chi connectivity index (χ2n) is 15.5. The maximum absolute atomic E-state index is 12.5. The SMILES string of the molecule is CCCC/C=C\CCCCCCCC(=O)OC(COC(=O)CCCCCCCCCCCCCCCCCCCCCCCCCC)COP(=O)(O)OC. The van der Waals surface area contributed by atoms with Gasteiger partial charge in [-0.1, -0.05) is 206 Å². The Labute approximate surface area is 333 Å². The summed E-state index contributed by atoms with van der Waals surface area (Å²) < 4.78 is 32.0. The molecule has 0 aromatic rings. The summed E-state index contributed by atoms with van der Waals surface area (Å²) in [6.45, 7) is 3.87. The smallest absolute Gasteiger partial charge is 0.462 e. The standard InChI is InChI=1S/C45H87O8P/c1-4-6-8-10-12-14-16-17-18-19-20-21-22-23-24-25-26-27-28-30-31-33-35-37-39-44(46)51-41-43(42-52-54(48,49)50-3)53-45(47)40-38-36-34-32-29-15-13-11-9-7-5-2/h11,13,43H,4-10,12,14-42H2,1-3H3,(H,48,49)/b13-11-. The third-order valence-corrected chi connectivity index (χ3v) is 11.2. The number of ether oxygens (including phenoxy) is 2. The summed E-state index contributed by atoms with van der Waals surface area (Å²) in [7, 11) is -3.19. The average molecular weight is 787 g/mol. The topological polar surface area (TPSA) is 108 Å². The van der Waals surface area contributed by atoms with E-state index in [0.29, 0.717) is 12.8 Å². The first-order valence-electron chi connectivity index (χ1n) is 22.9. The minimum absolute atomic E-state index is 0.223. The van der Waals surface area contributed by atoms with Crippen LogP contribution in [0, 0.1) is 0 Å². The Morgan fingerprint density at radius 3 is 1.26 bits per heavy atom. The van der Waals surface area contributed by atoms with Gasteiger partial charge in [0.05, 0.1) is 6.61 Å². The van der Waals surface area contributed by atoms with Gasteiger partial charge in [0.15, 0.2) is 6.10 Å². The van der Waals surface area contributed by atoms with E-state index in [-0.39, 0.29) is 19.0 Å². The fraction of sp³-hybridized carbons (Fsp3) is 0.911. The number of allylic oxidation sites excluding steroid dienone is 2. The van der Waals surface area contributed by atoms with Crippen molar-refractivity contribution in [1.82, 2.24) is 0 Å². The first kappa shape index (κ1) is 52.8. The zero-order valence-electron chi connectivity index (χ0n) is 35.6. The number of phosphoric ester groups is 1. The van der Waals surface area contributed by atoms with Gasteiger partial charge < -0.3 is 14.4 Å². The van der Waals surface area contributed by atoms with Crippen molar-refractivity contribution in [3.05, 3.63) is 12.2 Å². The maximum atomic E-state index is 12.5. The van der Waals surface area contributed by atoms with E-state index < -0.39 is 26.5 Å². The molecule has 2 atom stereocenters. The van der Waals surface area contributed by atoms with Crippen molar-refractivity contribution >= 4 is 19.8 Å². The van der Waals surface area contributed by atoms with Crippen LogP contribution >= 0.6 is 7.82 Å². The number of hydrogen-bond donors (Lipinski definition) is 1. The van der Waals surface area contributed by atoms with E-state index in [1.807, 2.05) is 0 Å². The minimum atomic E-state index is -4.26. The number of rotatable bonds is 43. The predicted molar refractivity (Wildman–Crippen MR) is 226 cm³/mol. The first-order valence-corrected chi connectivity index (χ1v) is 24.4. The summed E-state index contributed by atoms with van der Waals surface area (Å²) in [5, 5.41) is 0. The van der Waals surface area contributed by atoms with Crippen LogP contribution in [0.3, 0.4) is 0 Å². The number of carbonyl (C=O) groups excluding carboxylic acids is 2. The van der Waals surface area contributed by atoms with Crippen LogP contribution in [0.4, 0.5) is 0 Å². The maximum Gasteiger partial charge on any atom is 0.472 e. The van der Waals surface area contributed by atoms with Crippen molar-refractivity contribution in [1.29, 1.82) is 0 Å². The summed E-state index contributed by atoms with van der Waals surface area (Å²) in [6, 6.07) is 0. The van der Waals surface area contributed by atoms with Crippen LogP contribution in [0.1, 0.15) is 239 Å². The molecule has 320 valence electrons. The zero-order valence-corrected chi connectivity index (χ0v) is 36.5. The molecule has 0 bridgehead atoms. The van der Waals surface area contributed by atoms with Crippen LogP contribution in [0.5, 0.6) is 0 Å². The van der Waals surface area contributed by atoms with Gasteiger partial charge in [-0.2, -0.15) is 0 Å². The van der Waals surface area contributed by atoms with Gasteiger partial charge >= 0.3 is 19.8 Å². The largest absolute Gasteiger partial charge is 0.472 e. The molecule has 0 spiro atoms. The van der Waals surface area contributed by atoms with Gasteiger partial charge in [-0.15, -0.1) is 0 Å². The molecule has 0 aliphatic rings. The molecule has 0 aromatic carbocycles. The lowest BCUT2D eigenvalue weighted by atomic mass is 10.0. The third kappa shape index (κ3) is 40.5. The fourth-order valence-electron chi connectivity index (χ4n) is 6.70. The van der Waals surface area contributed by atoms with Crippen molar-refractivity contribution in [3.8, 4) is 0 Å². The van der Waals surface area contributed by atoms with E-state index in [4.69, 9.17) is 14.0 Å². The summed E-state index contributed by atoms with van der Waals surface area (Å²) >= 11 is 0. The number of phosphoric acid groups is 1. The van der Waals surface area contributed by atoms with Gasteiger partial charge in [-0.05, 0) is 32.1 Å². The Morgan fingerprint density at radius 2 is 0.852 bits per heavy atom. The quantitative estimate of drug-likeness (QED) is 0.0282. The summed E-state index contributed by atoms with van der Waals surface area (Å²) in [5.41, 5.74) is 0. The van der Waals surface area contributed by atoms with E-state index >= 15 is 0 Å². The van der Waals surface area contributed by atoms with Crippen LogP contribution in [-0.2, 0) is 32.7 Å². The third-order valence-electron chi connectivity index (χ3n) is 10.3. The zero-order chi connectivity index (χ0) is 39.6. The molecule has 0 aliphatic heterocycles. The van der Waals surface area contributed by atoms with E-state index in [2.05, 4.69) is 30.5 Å². The number of esters is 2. The molecule has 1 N–H and O–H groups in total. The highest BCUT2D eigenvalue weighted by Crippen LogP contribution is 2.42. The molecule has 0 saturated heterocycles. The van der Waals surface area contributed by atoms with Crippen LogP contribution < -0.4 is 0 Å². The molecule has 0 heterocycles. The van der Waals surface area contributed by atoms with Crippen molar-refractivity contribution in [3.63, 3.8) is 0 Å². The number of unbranched alkanes of at least 4 members (excludes halogenated alkanes) is 30. The lowest BCUT2D eigenvalue weighted by Gasteiger charge is -2.19.